The van der Waals surface area contributed by atoms with Gasteiger partial charge in [0, 0.05) is 18.7 Å². The fourth-order valence-electron chi connectivity index (χ4n) is 1.88. The van der Waals surface area contributed by atoms with Gasteiger partial charge in [0.05, 0.1) is 25.0 Å². The van der Waals surface area contributed by atoms with E-state index in [4.69, 9.17) is 20.8 Å². The van der Waals surface area contributed by atoms with Gasteiger partial charge in [0.25, 0.3) is 5.91 Å². The highest BCUT2D eigenvalue weighted by Crippen LogP contribution is 2.18. The van der Waals surface area contributed by atoms with Gasteiger partial charge in [-0.25, -0.2) is 4.39 Å². The van der Waals surface area contributed by atoms with E-state index >= 15 is 0 Å². The van der Waals surface area contributed by atoms with E-state index < -0.39 is 11.7 Å². The third-order valence-corrected chi connectivity index (χ3v) is 3.17. The molecule has 0 saturated carbocycles. The van der Waals surface area contributed by atoms with Gasteiger partial charge in [-0.3, -0.25) is 4.79 Å². The molecule has 1 heterocycles. The molecule has 1 amide bonds. The molecule has 0 unspecified atom stereocenters. The number of carbonyl (C=O) groups is 1. The van der Waals surface area contributed by atoms with Crippen LogP contribution in [0.2, 0.25) is 5.02 Å². The van der Waals surface area contributed by atoms with Crippen LogP contribution in [0.25, 0.3) is 0 Å². The summed E-state index contributed by atoms with van der Waals surface area (Å²) < 4.78 is 24.0. The minimum Gasteiger partial charge on any atom is -0.467 e. The van der Waals surface area contributed by atoms with Gasteiger partial charge in [-0.1, -0.05) is 11.6 Å². The van der Waals surface area contributed by atoms with Gasteiger partial charge < -0.3 is 14.1 Å². The number of furan rings is 1. The smallest absolute Gasteiger partial charge is 0.257 e. The zero-order valence-electron chi connectivity index (χ0n) is 11.5. The van der Waals surface area contributed by atoms with Crippen molar-refractivity contribution in [3.05, 3.63) is 58.8 Å². The Morgan fingerprint density at radius 1 is 1.43 bits per heavy atom. The number of halogens is 2. The largest absolute Gasteiger partial charge is 0.467 e. The van der Waals surface area contributed by atoms with Crippen molar-refractivity contribution in [3.8, 4) is 0 Å². The standard InChI is InChI=1S/C15H15ClFNO3/c1-20-8-6-18(10-12-3-2-7-21-12)15(19)13-9-11(16)4-5-14(13)17/h2-5,7,9H,6,8,10H2,1H3. The fraction of sp³-hybridized carbons (Fsp3) is 0.267. The van der Waals surface area contributed by atoms with Crippen LogP contribution in [0.1, 0.15) is 16.1 Å². The molecule has 0 spiro atoms. The van der Waals surface area contributed by atoms with Gasteiger partial charge >= 0.3 is 0 Å². The maximum absolute atomic E-state index is 13.8. The van der Waals surface area contributed by atoms with E-state index in [9.17, 15) is 9.18 Å². The Hall–Kier alpha value is -1.85. The summed E-state index contributed by atoms with van der Waals surface area (Å²) in [6, 6.07) is 7.38. The van der Waals surface area contributed by atoms with E-state index in [2.05, 4.69) is 0 Å². The third-order valence-electron chi connectivity index (χ3n) is 2.94. The van der Waals surface area contributed by atoms with E-state index in [1.807, 2.05) is 0 Å². The fourth-order valence-corrected chi connectivity index (χ4v) is 2.05. The van der Waals surface area contributed by atoms with Crippen LogP contribution in [0.3, 0.4) is 0 Å². The normalized spacial score (nSPS) is 10.6. The van der Waals surface area contributed by atoms with Gasteiger partial charge in [-0.2, -0.15) is 0 Å². The summed E-state index contributed by atoms with van der Waals surface area (Å²) in [6.07, 6.45) is 1.52. The summed E-state index contributed by atoms with van der Waals surface area (Å²) in [5.74, 6) is -0.448. The molecule has 2 rings (SSSR count). The number of carbonyl (C=O) groups excluding carboxylic acids is 1. The molecule has 4 nitrogen and oxygen atoms in total. The minimum absolute atomic E-state index is 0.0647. The average molecular weight is 312 g/mol. The molecule has 0 N–H and O–H groups in total. The van der Waals surface area contributed by atoms with Gasteiger partial charge in [-0.15, -0.1) is 0 Å². The molecule has 0 aliphatic rings. The number of rotatable bonds is 6. The van der Waals surface area contributed by atoms with Crippen LogP contribution in [0.15, 0.2) is 41.0 Å². The van der Waals surface area contributed by atoms with E-state index in [-0.39, 0.29) is 12.1 Å². The van der Waals surface area contributed by atoms with E-state index in [0.717, 1.165) is 0 Å². The SMILES string of the molecule is COCCN(Cc1ccco1)C(=O)c1cc(Cl)ccc1F. The zero-order valence-corrected chi connectivity index (χ0v) is 12.3. The second-order valence-corrected chi connectivity index (χ2v) is 4.86. The summed E-state index contributed by atoms with van der Waals surface area (Å²) >= 11 is 5.83. The highest BCUT2D eigenvalue weighted by atomic mass is 35.5. The lowest BCUT2D eigenvalue weighted by atomic mass is 10.2. The maximum Gasteiger partial charge on any atom is 0.257 e. The predicted octanol–water partition coefficient (Wildman–Crippen LogP) is 3.36. The molecular weight excluding hydrogens is 297 g/mol. The first-order valence-corrected chi connectivity index (χ1v) is 6.75. The number of nitrogens with zero attached hydrogens (tertiary/aromatic N) is 1. The average Bonchev–Trinajstić information content (AvgIpc) is 2.98. The van der Waals surface area contributed by atoms with E-state index in [0.29, 0.717) is 23.9 Å². The third kappa shape index (κ3) is 4.06. The second-order valence-electron chi connectivity index (χ2n) is 4.42. The van der Waals surface area contributed by atoms with Gasteiger partial charge in [0.2, 0.25) is 0 Å². The number of hydrogen-bond donors (Lipinski definition) is 0. The first-order chi connectivity index (χ1) is 10.1. The quantitative estimate of drug-likeness (QED) is 0.821. The Morgan fingerprint density at radius 2 is 2.24 bits per heavy atom. The van der Waals surface area contributed by atoms with Crippen molar-refractivity contribution < 1.29 is 18.3 Å². The molecule has 1 aromatic carbocycles. The number of ether oxygens (including phenoxy) is 1. The number of amides is 1. The highest BCUT2D eigenvalue weighted by Gasteiger charge is 2.20. The van der Waals surface area contributed by atoms with Gasteiger partial charge in [-0.05, 0) is 30.3 Å². The molecule has 0 radical (unpaired) electrons. The highest BCUT2D eigenvalue weighted by molar-refractivity contribution is 6.31. The van der Waals surface area contributed by atoms with Crippen molar-refractivity contribution >= 4 is 17.5 Å². The molecular formula is C15H15ClFNO3. The zero-order chi connectivity index (χ0) is 15.2. The second kappa shape index (κ2) is 7.24. The molecule has 2 aromatic rings. The first kappa shape index (κ1) is 15.5. The van der Waals surface area contributed by atoms with Crippen LogP contribution >= 0.6 is 11.6 Å². The molecule has 0 fully saturated rings. The molecule has 21 heavy (non-hydrogen) atoms. The van der Waals surface area contributed by atoms with Crippen molar-refractivity contribution in [1.82, 2.24) is 4.90 Å². The summed E-state index contributed by atoms with van der Waals surface area (Å²) in [6.45, 7) is 0.901. The Labute approximate surface area is 127 Å². The van der Waals surface area contributed by atoms with Crippen molar-refractivity contribution in [2.24, 2.45) is 0 Å². The topological polar surface area (TPSA) is 42.7 Å². The summed E-state index contributed by atoms with van der Waals surface area (Å²) in [4.78, 5) is 13.9. The van der Waals surface area contributed by atoms with Crippen molar-refractivity contribution in [1.29, 1.82) is 0 Å². The van der Waals surface area contributed by atoms with E-state index in [1.165, 1.54) is 36.5 Å². The molecule has 0 atom stereocenters. The lowest BCUT2D eigenvalue weighted by molar-refractivity contribution is 0.0662. The molecule has 0 aliphatic heterocycles. The number of methoxy groups -OCH3 is 1. The van der Waals surface area contributed by atoms with Crippen LogP contribution in [-0.2, 0) is 11.3 Å². The number of hydrogen-bond acceptors (Lipinski definition) is 3. The maximum atomic E-state index is 13.8. The molecule has 6 heteroatoms. The van der Waals surface area contributed by atoms with Crippen molar-refractivity contribution in [3.63, 3.8) is 0 Å². The summed E-state index contributed by atoms with van der Waals surface area (Å²) in [7, 11) is 1.54. The molecule has 1 aromatic heterocycles. The summed E-state index contributed by atoms with van der Waals surface area (Å²) in [5.41, 5.74) is -0.0647. The predicted molar refractivity (Wildman–Crippen MR) is 76.7 cm³/mol. The Balaban J connectivity index is 2.22. The molecule has 112 valence electrons. The van der Waals surface area contributed by atoms with Crippen LogP contribution < -0.4 is 0 Å². The van der Waals surface area contributed by atoms with Crippen LogP contribution in [0.4, 0.5) is 4.39 Å². The molecule has 0 bridgehead atoms. The monoisotopic (exact) mass is 311 g/mol. The van der Waals surface area contributed by atoms with Gasteiger partial charge in [0.1, 0.15) is 11.6 Å². The van der Waals surface area contributed by atoms with Crippen molar-refractivity contribution in [2.45, 2.75) is 6.54 Å². The van der Waals surface area contributed by atoms with E-state index in [1.54, 1.807) is 12.1 Å². The van der Waals surface area contributed by atoms with Gasteiger partial charge in [0.15, 0.2) is 0 Å². The Bertz CT molecular complexity index is 601. The van der Waals surface area contributed by atoms with Crippen LogP contribution in [0, 0.1) is 5.82 Å². The first-order valence-electron chi connectivity index (χ1n) is 6.37. The number of benzene rings is 1. The summed E-state index contributed by atoms with van der Waals surface area (Å²) in [5, 5.41) is 0.310. The van der Waals surface area contributed by atoms with Crippen LogP contribution in [0.5, 0.6) is 0 Å². The molecule has 0 saturated heterocycles. The Kier molecular flexibility index (Phi) is 5.36. The lowest BCUT2D eigenvalue weighted by Crippen LogP contribution is -2.33. The van der Waals surface area contributed by atoms with Crippen molar-refractivity contribution in [2.75, 3.05) is 20.3 Å². The van der Waals surface area contributed by atoms with Crippen LogP contribution in [-0.4, -0.2) is 31.1 Å². The molecule has 0 aliphatic carbocycles. The Morgan fingerprint density at radius 3 is 2.90 bits per heavy atom. The minimum atomic E-state index is -0.605. The lowest BCUT2D eigenvalue weighted by Gasteiger charge is -2.21.